The minimum atomic E-state index is 0.851. The maximum absolute atomic E-state index is 5.52. The van der Waals surface area contributed by atoms with Crippen molar-refractivity contribution in [2.24, 2.45) is 4.99 Å². The Hall–Kier alpha value is -0.770. The number of likely N-dealkylation sites (tertiary alicyclic amines) is 1. The summed E-state index contributed by atoms with van der Waals surface area (Å²) in [7, 11) is 1.86. The van der Waals surface area contributed by atoms with Gasteiger partial charge in [-0.1, -0.05) is 13.3 Å². The summed E-state index contributed by atoms with van der Waals surface area (Å²) in [6, 6.07) is 0. The monoisotopic (exact) mass is 241 g/mol. The van der Waals surface area contributed by atoms with E-state index in [-0.39, 0.29) is 0 Å². The molecule has 1 rings (SSSR count). The molecule has 0 bridgehead atoms. The number of nitrogens with one attached hydrogen (secondary N) is 1. The van der Waals surface area contributed by atoms with Crippen LogP contribution in [0, 0.1) is 0 Å². The van der Waals surface area contributed by atoms with Crippen molar-refractivity contribution >= 4 is 5.96 Å². The summed E-state index contributed by atoms with van der Waals surface area (Å²) in [5, 5.41) is 3.40. The molecule has 100 valence electrons. The van der Waals surface area contributed by atoms with E-state index in [1.54, 1.807) is 0 Å². The van der Waals surface area contributed by atoms with E-state index in [0.717, 1.165) is 45.2 Å². The van der Waals surface area contributed by atoms with E-state index in [0.29, 0.717) is 0 Å². The van der Waals surface area contributed by atoms with E-state index < -0.39 is 0 Å². The molecule has 0 amide bonds. The number of ether oxygens (including phenoxy) is 1. The maximum Gasteiger partial charge on any atom is 0.193 e. The molecular weight excluding hydrogens is 214 g/mol. The van der Waals surface area contributed by atoms with Crippen molar-refractivity contribution in [1.82, 2.24) is 10.2 Å². The van der Waals surface area contributed by atoms with Gasteiger partial charge in [0, 0.05) is 39.9 Å². The van der Waals surface area contributed by atoms with Gasteiger partial charge in [-0.3, -0.25) is 4.99 Å². The van der Waals surface area contributed by atoms with Gasteiger partial charge in [-0.05, 0) is 25.7 Å². The van der Waals surface area contributed by atoms with Gasteiger partial charge in [0.05, 0.1) is 0 Å². The Morgan fingerprint density at radius 3 is 2.59 bits per heavy atom. The fraction of sp³-hybridized carbons (Fsp3) is 0.923. The Morgan fingerprint density at radius 2 is 1.94 bits per heavy atom. The Bertz CT molecular complexity index is 213. The third-order valence-electron chi connectivity index (χ3n) is 3.01. The third-order valence-corrected chi connectivity index (χ3v) is 3.01. The average Bonchev–Trinajstić information content (AvgIpc) is 2.86. The SMILES string of the molecule is CCCCOCCCNC(=NC)N1CCCC1. The van der Waals surface area contributed by atoms with Crippen LogP contribution >= 0.6 is 0 Å². The standard InChI is InChI=1S/C13H27N3O/c1-3-4-11-17-12-7-8-15-13(14-2)16-9-5-6-10-16/h3-12H2,1-2H3,(H,14,15). The molecule has 1 N–H and O–H groups in total. The van der Waals surface area contributed by atoms with Crippen LogP contribution in [0.25, 0.3) is 0 Å². The minimum Gasteiger partial charge on any atom is -0.381 e. The fourth-order valence-corrected chi connectivity index (χ4v) is 1.98. The molecule has 0 aromatic heterocycles. The first-order valence-electron chi connectivity index (χ1n) is 6.91. The zero-order valence-electron chi connectivity index (χ0n) is 11.4. The van der Waals surface area contributed by atoms with Gasteiger partial charge in [0.1, 0.15) is 0 Å². The van der Waals surface area contributed by atoms with Crippen LogP contribution in [0.1, 0.15) is 39.0 Å². The van der Waals surface area contributed by atoms with Crippen LogP contribution in [0.4, 0.5) is 0 Å². The summed E-state index contributed by atoms with van der Waals surface area (Å²) < 4.78 is 5.52. The molecule has 0 aromatic rings. The average molecular weight is 241 g/mol. The van der Waals surface area contributed by atoms with Crippen LogP contribution in [-0.4, -0.2) is 50.8 Å². The number of nitrogens with zero attached hydrogens (tertiary/aromatic N) is 2. The second-order valence-electron chi connectivity index (χ2n) is 4.49. The van der Waals surface area contributed by atoms with Crippen molar-refractivity contribution in [3.05, 3.63) is 0 Å². The molecule has 1 saturated heterocycles. The number of unbranched alkanes of at least 4 members (excludes halogenated alkanes) is 1. The molecule has 4 nitrogen and oxygen atoms in total. The maximum atomic E-state index is 5.52. The molecule has 1 heterocycles. The van der Waals surface area contributed by atoms with Crippen molar-refractivity contribution < 1.29 is 4.74 Å². The van der Waals surface area contributed by atoms with Gasteiger partial charge in [0.15, 0.2) is 5.96 Å². The molecule has 4 heteroatoms. The number of rotatable bonds is 7. The van der Waals surface area contributed by atoms with Crippen LogP contribution in [0.5, 0.6) is 0 Å². The zero-order chi connectivity index (χ0) is 12.3. The molecule has 1 aliphatic heterocycles. The highest BCUT2D eigenvalue weighted by Crippen LogP contribution is 2.06. The number of aliphatic imine (C=N–C) groups is 1. The van der Waals surface area contributed by atoms with Gasteiger partial charge in [0.25, 0.3) is 0 Å². The Kier molecular flexibility index (Phi) is 7.80. The summed E-state index contributed by atoms with van der Waals surface area (Å²) >= 11 is 0. The van der Waals surface area contributed by atoms with Crippen molar-refractivity contribution in [3.63, 3.8) is 0 Å². The highest BCUT2D eigenvalue weighted by molar-refractivity contribution is 5.80. The molecule has 0 spiro atoms. The second kappa shape index (κ2) is 9.28. The van der Waals surface area contributed by atoms with Crippen molar-refractivity contribution in [3.8, 4) is 0 Å². The van der Waals surface area contributed by atoms with Gasteiger partial charge < -0.3 is 15.0 Å². The smallest absolute Gasteiger partial charge is 0.193 e. The Balaban J connectivity index is 2.00. The van der Waals surface area contributed by atoms with E-state index in [2.05, 4.69) is 22.1 Å². The highest BCUT2D eigenvalue weighted by Gasteiger charge is 2.14. The molecular formula is C13H27N3O. The zero-order valence-corrected chi connectivity index (χ0v) is 11.4. The van der Waals surface area contributed by atoms with Crippen LogP contribution in [0.2, 0.25) is 0 Å². The molecule has 0 aromatic carbocycles. The van der Waals surface area contributed by atoms with E-state index >= 15 is 0 Å². The normalized spacial score (nSPS) is 16.6. The lowest BCUT2D eigenvalue weighted by molar-refractivity contribution is 0.129. The van der Waals surface area contributed by atoms with E-state index in [9.17, 15) is 0 Å². The Labute approximate surface area is 105 Å². The van der Waals surface area contributed by atoms with Gasteiger partial charge >= 0.3 is 0 Å². The summed E-state index contributed by atoms with van der Waals surface area (Å²) in [6.07, 6.45) is 6.01. The van der Waals surface area contributed by atoms with E-state index in [4.69, 9.17) is 4.74 Å². The summed E-state index contributed by atoms with van der Waals surface area (Å²) in [4.78, 5) is 6.64. The molecule has 1 fully saturated rings. The fourth-order valence-electron chi connectivity index (χ4n) is 1.98. The molecule has 0 atom stereocenters. The quantitative estimate of drug-likeness (QED) is 0.420. The minimum absolute atomic E-state index is 0.851. The number of hydrogen-bond acceptors (Lipinski definition) is 2. The van der Waals surface area contributed by atoms with E-state index in [1.165, 1.54) is 25.7 Å². The second-order valence-corrected chi connectivity index (χ2v) is 4.49. The van der Waals surface area contributed by atoms with Crippen LogP contribution < -0.4 is 5.32 Å². The molecule has 0 unspecified atom stereocenters. The largest absolute Gasteiger partial charge is 0.381 e. The van der Waals surface area contributed by atoms with Crippen LogP contribution in [-0.2, 0) is 4.74 Å². The van der Waals surface area contributed by atoms with Crippen molar-refractivity contribution in [1.29, 1.82) is 0 Å². The van der Waals surface area contributed by atoms with Gasteiger partial charge in [-0.2, -0.15) is 0 Å². The lowest BCUT2D eigenvalue weighted by atomic mass is 10.4. The highest BCUT2D eigenvalue weighted by atomic mass is 16.5. The van der Waals surface area contributed by atoms with Gasteiger partial charge in [-0.25, -0.2) is 0 Å². The molecule has 1 aliphatic rings. The number of guanidine groups is 1. The predicted molar refractivity (Wildman–Crippen MR) is 72.5 cm³/mol. The summed E-state index contributed by atoms with van der Waals surface area (Å²) in [5.41, 5.74) is 0. The Morgan fingerprint density at radius 1 is 1.24 bits per heavy atom. The first-order valence-corrected chi connectivity index (χ1v) is 6.91. The van der Waals surface area contributed by atoms with Gasteiger partial charge in [-0.15, -0.1) is 0 Å². The first kappa shape index (κ1) is 14.3. The van der Waals surface area contributed by atoms with E-state index in [1.807, 2.05) is 7.05 Å². The lowest BCUT2D eigenvalue weighted by Gasteiger charge is -2.20. The lowest BCUT2D eigenvalue weighted by Crippen LogP contribution is -2.40. The van der Waals surface area contributed by atoms with Crippen molar-refractivity contribution in [2.75, 3.05) is 39.9 Å². The molecule has 0 saturated carbocycles. The molecule has 17 heavy (non-hydrogen) atoms. The third kappa shape index (κ3) is 5.91. The summed E-state index contributed by atoms with van der Waals surface area (Å²) in [6.45, 7) is 7.18. The first-order chi connectivity index (χ1) is 8.38. The van der Waals surface area contributed by atoms with Crippen molar-refractivity contribution in [2.45, 2.75) is 39.0 Å². The topological polar surface area (TPSA) is 36.9 Å². The van der Waals surface area contributed by atoms with Gasteiger partial charge in [0.2, 0.25) is 0 Å². The molecule has 0 radical (unpaired) electrons. The molecule has 0 aliphatic carbocycles. The van der Waals surface area contributed by atoms with Crippen LogP contribution in [0.15, 0.2) is 4.99 Å². The predicted octanol–water partition coefficient (Wildman–Crippen LogP) is 1.86. The van der Waals surface area contributed by atoms with Crippen LogP contribution in [0.3, 0.4) is 0 Å². The summed E-state index contributed by atoms with van der Waals surface area (Å²) in [5.74, 6) is 1.05. The number of hydrogen-bond donors (Lipinski definition) is 1.